The van der Waals surface area contributed by atoms with E-state index in [-0.39, 0.29) is 58.2 Å². The van der Waals surface area contributed by atoms with Crippen LogP contribution in [0.4, 0.5) is 0 Å². The normalized spacial score (nSPS) is 29.0. The average molecular weight is 777 g/mol. The van der Waals surface area contributed by atoms with Crippen molar-refractivity contribution in [3.8, 4) is 11.5 Å². The number of carbonyl (C=O) groups is 4. The average Bonchev–Trinajstić information content (AvgIpc) is 3.63. The van der Waals surface area contributed by atoms with Crippen LogP contribution >= 0.6 is 11.6 Å². The first kappa shape index (κ1) is 37.1. The van der Waals surface area contributed by atoms with Crippen molar-refractivity contribution in [3.63, 3.8) is 0 Å². The molecule has 0 spiro atoms. The Morgan fingerprint density at radius 3 is 1.73 bits per heavy atom. The number of methoxy groups -OCH3 is 1. The molecule has 56 heavy (non-hydrogen) atoms. The van der Waals surface area contributed by atoms with Gasteiger partial charge in [-0.1, -0.05) is 83.9 Å². The number of allylic oxidation sites excluding steroid dienone is 2. The third-order valence-corrected chi connectivity index (χ3v) is 14.0. The number of benzene rings is 3. The number of fused-ring (bicyclic) bond motifs is 4. The number of hydrogen-bond donors (Lipinski definition) is 1. The van der Waals surface area contributed by atoms with Gasteiger partial charge in [0.2, 0.25) is 23.6 Å². The lowest BCUT2D eigenvalue weighted by Crippen LogP contribution is -2.48. The van der Waals surface area contributed by atoms with Crippen LogP contribution < -0.4 is 4.74 Å². The predicted octanol–water partition coefficient (Wildman–Crippen LogP) is 6.02. The molecule has 4 saturated heterocycles. The molecule has 6 aliphatic rings. The van der Waals surface area contributed by atoms with Gasteiger partial charge in [-0.05, 0) is 73.3 Å². The van der Waals surface area contributed by atoms with Gasteiger partial charge < -0.3 is 9.84 Å². The molecular formula is C45H49ClN4O6. The number of carbonyl (C=O) groups excluding carboxylic acids is 4. The van der Waals surface area contributed by atoms with Crippen molar-refractivity contribution in [3.05, 3.63) is 106 Å². The third-order valence-electron chi connectivity index (χ3n) is 13.7. The zero-order chi connectivity index (χ0) is 38.7. The molecule has 0 aromatic heterocycles. The van der Waals surface area contributed by atoms with E-state index in [1.54, 1.807) is 21.9 Å². The van der Waals surface area contributed by atoms with Crippen molar-refractivity contribution in [1.82, 2.24) is 19.6 Å². The van der Waals surface area contributed by atoms with E-state index < -0.39 is 29.6 Å². The van der Waals surface area contributed by atoms with Gasteiger partial charge in [0.15, 0.2) is 11.5 Å². The Labute approximate surface area is 333 Å². The number of nitrogens with zero attached hydrogens (tertiary/aromatic N) is 4. The summed E-state index contributed by atoms with van der Waals surface area (Å²) < 4.78 is 5.51. The second-order valence-corrected chi connectivity index (χ2v) is 17.1. The predicted molar refractivity (Wildman–Crippen MR) is 210 cm³/mol. The van der Waals surface area contributed by atoms with Gasteiger partial charge in [0.1, 0.15) is 0 Å². The highest BCUT2D eigenvalue weighted by molar-refractivity contribution is 6.32. The second kappa shape index (κ2) is 15.1. The van der Waals surface area contributed by atoms with Crippen molar-refractivity contribution in [1.29, 1.82) is 0 Å². The lowest BCUT2D eigenvalue weighted by atomic mass is 9.57. The van der Waals surface area contributed by atoms with Crippen molar-refractivity contribution >= 4 is 35.2 Å². The fraction of sp³-hybridized carbons (Fsp3) is 0.467. The van der Waals surface area contributed by atoms with Crippen LogP contribution in [0.15, 0.2) is 84.4 Å². The van der Waals surface area contributed by atoms with Crippen LogP contribution in [0.2, 0.25) is 5.02 Å². The number of amides is 4. The first-order valence-electron chi connectivity index (χ1n) is 20.2. The van der Waals surface area contributed by atoms with E-state index in [9.17, 15) is 24.3 Å². The largest absolute Gasteiger partial charge is 0.503 e. The number of halogens is 1. The quantitative estimate of drug-likeness (QED) is 0.219. The number of hydrogen-bond acceptors (Lipinski definition) is 8. The Morgan fingerprint density at radius 2 is 1.20 bits per heavy atom. The van der Waals surface area contributed by atoms with Gasteiger partial charge in [-0.3, -0.25) is 38.8 Å². The van der Waals surface area contributed by atoms with E-state index in [1.165, 1.54) is 18.2 Å². The zero-order valence-corrected chi connectivity index (χ0v) is 32.5. The summed E-state index contributed by atoms with van der Waals surface area (Å²) in [7, 11) is 1.45. The van der Waals surface area contributed by atoms with Crippen molar-refractivity contribution in [2.75, 3.05) is 33.3 Å². The molecule has 4 heterocycles. The van der Waals surface area contributed by atoms with E-state index in [0.717, 1.165) is 57.7 Å². The highest BCUT2D eigenvalue weighted by Gasteiger charge is 2.63. The number of phenolic OH excluding ortho intramolecular Hbond substituents is 1. The molecule has 2 aliphatic carbocycles. The molecule has 6 atom stereocenters. The molecule has 0 radical (unpaired) electrons. The number of aromatic hydroxyl groups is 1. The third kappa shape index (κ3) is 6.43. The molecule has 4 aliphatic heterocycles. The van der Waals surface area contributed by atoms with Crippen LogP contribution in [0.1, 0.15) is 61.1 Å². The van der Waals surface area contributed by atoms with E-state index in [2.05, 4.69) is 40.1 Å². The Hall–Kier alpha value is -4.51. The maximum atomic E-state index is 14.7. The standard InChI is InChI=1S/C45H49ClN4O6/c1-56-37-23-29(22-36(46)41(37)51)38-32-12-13-33-39(44(54)49(42(33)52)30-14-18-47(19-15-30)25-27-8-4-2-5-9-27)34(32)24-35-40(38)45(55)50(43(35)53)31-16-20-48(21-17-31)26-28-10-6-3-7-11-28/h2-12,22-23,30-31,33-35,38-40,51H,13-21,24-26H2,1H3/t33-,34+,35+,38-,39-,40+/m0/s1. The smallest absolute Gasteiger partial charge is 0.234 e. The van der Waals surface area contributed by atoms with Crippen molar-refractivity contribution < 1.29 is 29.0 Å². The Bertz CT molecular complexity index is 2040. The summed E-state index contributed by atoms with van der Waals surface area (Å²) in [5.74, 6) is -4.01. The highest BCUT2D eigenvalue weighted by Crippen LogP contribution is 2.59. The van der Waals surface area contributed by atoms with Gasteiger partial charge in [-0.25, -0.2) is 0 Å². The van der Waals surface area contributed by atoms with Gasteiger partial charge >= 0.3 is 0 Å². The fourth-order valence-electron chi connectivity index (χ4n) is 11.0. The van der Waals surface area contributed by atoms with Gasteiger partial charge in [0.05, 0.1) is 35.8 Å². The minimum Gasteiger partial charge on any atom is -0.503 e. The van der Waals surface area contributed by atoms with Crippen LogP contribution in [0.5, 0.6) is 11.5 Å². The highest BCUT2D eigenvalue weighted by atomic mass is 35.5. The molecule has 11 heteroatoms. The van der Waals surface area contributed by atoms with Gasteiger partial charge in [0, 0.05) is 57.3 Å². The zero-order valence-electron chi connectivity index (χ0n) is 31.8. The Kier molecular flexibility index (Phi) is 10.0. The molecule has 0 unspecified atom stereocenters. The molecule has 10 nitrogen and oxygen atoms in total. The maximum Gasteiger partial charge on any atom is 0.234 e. The van der Waals surface area contributed by atoms with Crippen LogP contribution in [-0.2, 0) is 32.3 Å². The van der Waals surface area contributed by atoms with Gasteiger partial charge in [-0.2, -0.15) is 0 Å². The number of phenols is 1. The monoisotopic (exact) mass is 776 g/mol. The summed E-state index contributed by atoms with van der Waals surface area (Å²) in [6.45, 7) is 4.80. The minimum atomic E-state index is -0.688. The number of rotatable bonds is 8. The van der Waals surface area contributed by atoms with Crippen molar-refractivity contribution in [2.45, 2.75) is 69.6 Å². The second-order valence-electron chi connectivity index (χ2n) is 16.7. The topological polar surface area (TPSA) is 111 Å². The first-order valence-corrected chi connectivity index (χ1v) is 20.6. The molecule has 9 rings (SSSR count). The van der Waals surface area contributed by atoms with Crippen LogP contribution in [-0.4, -0.2) is 93.7 Å². The van der Waals surface area contributed by atoms with Crippen LogP contribution in [0, 0.1) is 29.6 Å². The SMILES string of the molecule is COc1cc([C@H]2C3=CC[C@@H]4C(=O)N(C5CCN(Cc6ccccc6)CC5)C(=O)[C@@H]4[C@@H]3C[C@H]3C(=O)N(C4CCN(Cc5ccccc5)CC4)C(=O)[C@@H]23)cc(Cl)c1O. The molecular weight excluding hydrogens is 728 g/mol. The number of ether oxygens (including phenoxy) is 1. The molecule has 3 aromatic rings. The number of imide groups is 2. The summed E-state index contributed by atoms with van der Waals surface area (Å²) in [5.41, 5.74) is 4.05. The molecule has 5 fully saturated rings. The Morgan fingerprint density at radius 1 is 0.679 bits per heavy atom. The van der Waals surface area contributed by atoms with E-state index >= 15 is 0 Å². The van der Waals surface area contributed by atoms with Crippen LogP contribution in [0.3, 0.4) is 0 Å². The summed E-state index contributed by atoms with van der Waals surface area (Å²) in [5, 5.41) is 10.8. The van der Waals surface area contributed by atoms with E-state index in [1.807, 2.05) is 36.4 Å². The lowest BCUT2D eigenvalue weighted by Gasteiger charge is -2.44. The maximum absolute atomic E-state index is 14.7. The van der Waals surface area contributed by atoms with Crippen molar-refractivity contribution in [2.24, 2.45) is 29.6 Å². The molecule has 4 amide bonds. The molecule has 1 saturated carbocycles. The molecule has 1 N–H and O–H groups in total. The Balaban J connectivity index is 0.986. The molecule has 292 valence electrons. The molecule has 3 aromatic carbocycles. The summed E-state index contributed by atoms with van der Waals surface area (Å²) in [4.78, 5) is 66.2. The molecule has 0 bridgehead atoms. The first-order chi connectivity index (χ1) is 27.2. The number of piperidine rings is 2. The van der Waals surface area contributed by atoms with Gasteiger partial charge in [0.25, 0.3) is 0 Å². The summed E-state index contributed by atoms with van der Waals surface area (Å²) >= 11 is 6.59. The minimum absolute atomic E-state index is 0.0867. The van der Waals surface area contributed by atoms with Crippen LogP contribution in [0.25, 0.3) is 0 Å². The number of likely N-dealkylation sites (tertiary alicyclic amines) is 4. The lowest BCUT2D eigenvalue weighted by molar-refractivity contribution is -0.146. The fourth-order valence-corrected chi connectivity index (χ4v) is 11.2. The van der Waals surface area contributed by atoms with E-state index in [4.69, 9.17) is 16.3 Å². The van der Waals surface area contributed by atoms with Gasteiger partial charge in [-0.15, -0.1) is 0 Å². The summed E-state index contributed by atoms with van der Waals surface area (Å²) in [6.07, 6.45) is 5.63. The summed E-state index contributed by atoms with van der Waals surface area (Å²) in [6, 6.07) is 23.7. The van der Waals surface area contributed by atoms with E-state index in [0.29, 0.717) is 31.2 Å².